The summed E-state index contributed by atoms with van der Waals surface area (Å²) in [5.74, 6) is 6.17. The minimum absolute atomic E-state index is 0.244. The van der Waals surface area contributed by atoms with E-state index in [1.807, 2.05) is 10.7 Å². The number of nitrogens with zero attached hydrogens (tertiary/aromatic N) is 4. The molecule has 0 saturated carbocycles. The number of rotatable bonds is 6. The van der Waals surface area contributed by atoms with Crippen LogP contribution in [0.15, 0.2) is 24.7 Å². The van der Waals surface area contributed by atoms with Crippen LogP contribution in [0.1, 0.15) is 30.8 Å². The van der Waals surface area contributed by atoms with Crippen LogP contribution in [0.25, 0.3) is 0 Å². The maximum atomic E-state index is 5.66. The fourth-order valence-electron chi connectivity index (χ4n) is 1.93. The molecule has 0 radical (unpaired) electrons. The summed E-state index contributed by atoms with van der Waals surface area (Å²) in [5, 5.41) is 4.29. The molecule has 0 bridgehead atoms. The average Bonchev–Trinajstić information content (AvgIpc) is 2.89. The van der Waals surface area contributed by atoms with Crippen molar-refractivity contribution in [2.45, 2.75) is 25.9 Å². The molecule has 2 aromatic rings. The third-order valence-electron chi connectivity index (χ3n) is 2.82. The van der Waals surface area contributed by atoms with Gasteiger partial charge < -0.3 is 4.74 Å². The Bertz CT molecular complexity index is 526. The van der Waals surface area contributed by atoms with Crippen molar-refractivity contribution < 1.29 is 4.74 Å². The van der Waals surface area contributed by atoms with Gasteiger partial charge in [-0.1, -0.05) is 6.92 Å². The number of hydrazine groups is 1. The maximum absolute atomic E-state index is 5.66. The Balaban J connectivity index is 2.35. The van der Waals surface area contributed by atoms with Gasteiger partial charge in [-0.2, -0.15) is 5.10 Å². The molecule has 0 aliphatic carbocycles. The number of ether oxygens (including phenoxy) is 1. The summed E-state index contributed by atoms with van der Waals surface area (Å²) in [4.78, 5) is 8.23. The number of aryl methyl sites for hydroxylation is 1. The molecule has 19 heavy (non-hydrogen) atoms. The molecule has 1 atom stereocenters. The molecule has 0 fully saturated rings. The number of hydrogen-bond acceptors (Lipinski definition) is 6. The standard InChI is InChI=1S/C12H18N6O/c1-3-6-18-10(4-5-16-18)12(17-13)9-7-11(19-2)15-8-14-9/h4-5,7-8,12,17H,3,6,13H2,1-2H3. The Labute approximate surface area is 111 Å². The molecule has 1 unspecified atom stereocenters. The van der Waals surface area contributed by atoms with E-state index < -0.39 is 0 Å². The molecule has 2 rings (SSSR count). The van der Waals surface area contributed by atoms with Gasteiger partial charge in [0.15, 0.2) is 0 Å². The van der Waals surface area contributed by atoms with Gasteiger partial charge in [0.25, 0.3) is 0 Å². The fourth-order valence-corrected chi connectivity index (χ4v) is 1.93. The van der Waals surface area contributed by atoms with Crippen molar-refractivity contribution in [3.8, 4) is 5.88 Å². The van der Waals surface area contributed by atoms with E-state index in [4.69, 9.17) is 10.6 Å². The van der Waals surface area contributed by atoms with E-state index in [1.54, 1.807) is 19.4 Å². The van der Waals surface area contributed by atoms with E-state index in [0.29, 0.717) is 5.88 Å². The zero-order chi connectivity index (χ0) is 13.7. The topological polar surface area (TPSA) is 90.9 Å². The van der Waals surface area contributed by atoms with Crippen LogP contribution < -0.4 is 16.0 Å². The van der Waals surface area contributed by atoms with Crippen LogP contribution in [0.2, 0.25) is 0 Å². The monoisotopic (exact) mass is 262 g/mol. The van der Waals surface area contributed by atoms with Crippen LogP contribution in [-0.4, -0.2) is 26.9 Å². The van der Waals surface area contributed by atoms with Gasteiger partial charge in [0.2, 0.25) is 5.88 Å². The van der Waals surface area contributed by atoms with E-state index in [9.17, 15) is 0 Å². The Kier molecular flexibility index (Phi) is 4.43. The second-order valence-corrected chi connectivity index (χ2v) is 4.06. The SMILES string of the molecule is CCCn1nccc1C(NN)c1cc(OC)ncn1. The van der Waals surface area contributed by atoms with Gasteiger partial charge in [0, 0.05) is 18.8 Å². The summed E-state index contributed by atoms with van der Waals surface area (Å²) in [5.41, 5.74) is 4.47. The Hall–Kier alpha value is -1.99. The first-order chi connectivity index (χ1) is 9.30. The first kappa shape index (κ1) is 13.4. The third-order valence-corrected chi connectivity index (χ3v) is 2.82. The molecule has 2 heterocycles. The Morgan fingerprint density at radius 2 is 2.32 bits per heavy atom. The normalized spacial score (nSPS) is 12.4. The van der Waals surface area contributed by atoms with Crippen molar-refractivity contribution in [2.75, 3.05) is 7.11 Å². The van der Waals surface area contributed by atoms with Crippen molar-refractivity contribution in [3.05, 3.63) is 36.0 Å². The molecule has 0 aliphatic rings. The third kappa shape index (κ3) is 2.88. The molecule has 2 aromatic heterocycles. The lowest BCUT2D eigenvalue weighted by molar-refractivity contribution is 0.394. The molecule has 3 N–H and O–H groups in total. The minimum Gasteiger partial charge on any atom is -0.481 e. The largest absolute Gasteiger partial charge is 0.481 e. The van der Waals surface area contributed by atoms with Crippen LogP contribution in [0.4, 0.5) is 0 Å². The van der Waals surface area contributed by atoms with Crippen LogP contribution in [-0.2, 0) is 6.54 Å². The highest BCUT2D eigenvalue weighted by Gasteiger charge is 2.19. The number of nitrogens with two attached hydrogens (primary N) is 1. The number of nitrogens with one attached hydrogen (secondary N) is 1. The lowest BCUT2D eigenvalue weighted by Crippen LogP contribution is -2.31. The van der Waals surface area contributed by atoms with E-state index in [0.717, 1.165) is 24.4 Å². The lowest BCUT2D eigenvalue weighted by Gasteiger charge is -2.17. The van der Waals surface area contributed by atoms with Gasteiger partial charge in [0.05, 0.1) is 18.5 Å². The summed E-state index contributed by atoms with van der Waals surface area (Å²) in [6.07, 6.45) is 4.21. The fraction of sp³-hybridized carbons (Fsp3) is 0.417. The van der Waals surface area contributed by atoms with Crippen LogP contribution in [0.5, 0.6) is 5.88 Å². The summed E-state index contributed by atoms with van der Waals surface area (Å²) in [6.45, 7) is 2.94. The van der Waals surface area contributed by atoms with Crippen LogP contribution in [0, 0.1) is 0 Å². The molecule has 7 nitrogen and oxygen atoms in total. The first-order valence-electron chi connectivity index (χ1n) is 6.14. The van der Waals surface area contributed by atoms with E-state index in [1.165, 1.54) is 6.33 Å². The number of methoxy groups -OCH3 is 1. The highest BCUT2D eigenvalue weighted by atomic mass is 16.5. The summed E-state index contributed by atoms with van der Waals surface area (Å²) >= 11 is 0. The lowest BCUT2D eigenvalue weighted by atomic mass is 10.1. The summed E-state index contributed by atoms with van der Waals surface area (Å²) in [6, 6.07) is 3.44. The predicted molar refractivity (Wildman–Crippen MR) is 70.3 cm³/mol. The summed E-state index contributed by atoms with van der Waals surface area (Å²) < 4.78 is 7.02. The van der Waals surface area contributed by atoms with Crippen LogP contribution >= 0.6 is 0 Å². The first-order valence-corrected chi connectivity index (χ1v) is 6.14. The highest BCUT2D eigenvalue weighted by Crippen LogP contribution is 2.21. The van der Waals surface area contributed by atoms with Crippen molar-refractivity contribution >= 4 is 0 Å². The number of hydrogen-bond donors (Lipinski definition) is 2. The van der Waals surface area contributed by atoms with Gasteiger partial charge in [-0.3, -0.25) is 10.5 Å². The average molecular weight is 262 g/mol. The van der Waals surface area contributed by atoms with Crippen molar-refractivity contribution in [3.63, 3.8) is 0 Å². The zero-order valence-corrected chi connectivity index (χ0v) is 11.1. The molecule has 0 saturated heterocycles. The van der Waals surface area contributed by atoms with Crippen molar-refractivity contribution in [1.29, 1.82) is 0 Å². The Morgan fingerprint density at radius 1 is 1.47 bits per heavy atom. The van der Waals surface area contributed by atoms with E-state index in [2.05, 4.69) is 27.4 Å². The van der Waals surface area contributed by atoms with Gasteiger partial charge in [-0.05, 0) is 12.5 Å². The molecular formula is C12H18N6O. The molecule has 0 aliphatic heterocycles. The smallest absolute Gasteiger partial charge is 0.216 e. The van der Waals surface area contributed by atoms with Crippen molar-refractivity contribution in [2.24, 2.45) is 5.84 Å². The van der Waals surface area contributed by atoms with E-state index >= 15 is 0 Å². The quantitative estimate of drug-likeness (QED) is 0.586. The van der Waals surface area contributed by atoms with Crippen molar-refractivity contribution in [1.82, 2.24) is 25.2 Å². The Morgan fingerprint density at radius 3 is 3.00 bits per heavy atom. The van der Waals surface area contributed by atoms with Gasteiger partial charge in [0.1, 0.15) is 12.4 Å². The number of aromatic nitrogens is 4. The molecular weight excluding hydrogens is 244 g/mol. The molecule has 7 heteroatoms. The van der Waals surface area contributed by atoms with Crippen LogP contribution in [0.3, 0.4) is 0 Å². The van der Waals surface area contributed by atoms with Gasteiger partial charge in [-0.15, -0.1) is 0 Å². The molecule has 102 valence electrons. The van der Waals surface area contributed by atoms with E-state index in [-0.39, 0.29) is 6.04 Å². The zero-order valence-electron chi connectivity index (χ0n) is 11.1. The summed E-state index contributed by atoms with van der Waals surface area (Å²) in [7, 11) is 1.57. The molecule has 0 amide bonds. The predicted octanol–water partition coefficient (Wildman–Crippen LogP) is 0.644. The minimum atomic E-state index is -0.244. The van der Waals surface area contributed by atoms with Gasteiger partial charge >= 0.3 is 0 Å². The maximum Gasteiger partial charge on any atom is 0.216 e. The molecule has 0 aromatic carbocycles. The second kappa shape index (κ2) is 6.26. The van der Waals surface area contributed by atoms with Gasteiger partial charge in [-0.25, -0.2) is 15.4 Å². The second-order valence-electron chi connectivity index (χ2n) is 4.06. The molecule has 0 spiro atoms. The highest BCUT2D eigenvalue weighted by molar-refractivity contribution is 5.24.